The molecular weight excluding hydrogens is 651 g/mol. The highest BCUT2D eigenvalue weighted by molar-refractivity contribution is 6.18. The van der Waals surface area contributed by atoms with E-state index in [0.29, 0.717) is 11.3 Å². The fraction of sp³-hybridized carbons (Fsp3) is 0.0426. The van der Waals surface area contributed by atoms with E-state index in [-0.39, 0.29) is 0 Å². The molecule has 0 saturated heterocycles. The van der Waals surface area contributed by atoms with E-state index < -0.39 is 11.6 Å². The monoisotopic (exact) mass is 679 g/mol. The van der Waals surface area contributed by atoms with Crippen molar-refractivity contribution in [2.24, 2.45) is 9.98 Å². The predicted octanol–water partition coefficient (Wildman–Crippen LogP) is 9.88. The van der Waals surface area contributed by atoms with Gasteiger partial charge < -0.3 is 15.5 Å². The number of nitriles is 1. The van der Waals surface area contributed by atoms with Gasteiger partial charge in [-0.1, -0.05) is 115 Å². The largest absolute Gasteiger partial charge is 0.456 e. The maximum absolute atomic E-state index is 10.6. The van der Waals surface area contributed by atoms with Crippen molar-refractivity contribution in [1.82, 2.24) is 5.32 Å². The number of nitrogens with one attached hydrogen (secondary N) is 1. The second kappa shape index (κ2) is 10.9. The lowest BCUT2D eigenvalue weighted by molar-refractivity contribution is 0.668. The first-order valence-corrected chi connectivity index (χ1v) is 17.7. The maximum Gasteiger partial charge on any atom is 0.169 e. The molecular formula is C47H29N5O. The Morgan fingerprint density at radius 1 is 0.604 bits per heavy atom. The number of fused-ring (bicyclic) bond motifs is 14. The third-order valence-electron chi connectivity index (χ3n) is 11.1. The van der Waals surface area contributed by atoms with Gasteiger partial charge in [-0.2, -0.15) is 5.26 Å². The van der Waals surface area contributed by atoms with E-state index in [2.05, 4.69) is 96.3 Å². The molecule has 3 aliphatic rings. The van der Waals surface area contributed by atoms with Crippen molar-refractivity contribution >= 4 is 39.3 Å². The minimum Gasteiger partial charge on any atom is -0.456 e. The summed E-state index contributed by atoms with van der Waals surface area (Å²) >= 11 is 0. The number of rotatable bonds is 3. The molecule has 1 spiro atoms. The van der Waals surface area contributed by atoms with E-state index in [1.54, 1.807) is 0 Å². The zero-order valence-corrected chi connectivity index (χ0v) is 28.3. The van der Waals surface area contributed by atoms with Gasteiger partial charge >= 0.3 is 0 Å². The molecule has 11 rings (SSSR count). The first kappa shape index (κ1) is 29.5. The van der Waals surface area contributed by atoms with Crippen LogP contribution < -0.4 is 11.1 Å². The van der Waals surface area contributed by atoms with E-state index >= 15 is 0 Å². The summed E-state index contributed by atoms with van der Waals surface area (Å²) in [6.45, 7) is 0. The highest BCUT2D eigenvalue weighted by atomic mass is 16.3. The van der Waals surface area contributed by atoms with E-state index in [1.807, 2.05) is 66.7 Å². The quantitative estimate of drug-likeness (QED) is 0.182. The summed E-state index contributed by atoms with van der Waals surface area (Å²) in [7, 11) is 0. The summed E-state index contributed by atoms with van der Waals surface area (Å²) in [6, 6.07) is 54.5. The number of aliphatic imine (C=N–C) groups is 2. The van der Waals surface area contributed by atoms with Gasteiger partial charge in [0.25, 0.3) is 0 Å². The fourth-order valence-electron chi connectivity index (χ4n) is 8.96. The smallest absolute Gasteiger partial charge is 0.169 e. The maximum atomic E-state index is 10.6. The van der Waals surface area contributed by atoms with Crippen LogP contribution in [0.1, 0.15) is 50.7 Å². The van der Waals surface area contributed by atoms with Gasteiger partial charge in [0.2, 0.25) is 0 Å². The normalized spacial score (nSPS) is 17.8. The summed E-state index contributed by atoms with van der Waals surface area (Å²) in [5, 5.41) is 16.1. The molecule has 0 amide bonds. The molecule has 2 unspecified atom stereocenters. The van der Waals surface area contributed by atoms with Gasteiger partial charge in [-0.25, -0.2) is 9.98 Å². The Kier molecular flexibility index (Phi) is 6.06. The lowest BCUT2D eigenvalue weighted by atomic mass is 9.70. The highest BCUT2D eigenvalue weighted by Crippen LogP contribution is 2.64. The number of nitrogen functional groups attached to an aromatic ring is 1. The molecule has 53 heavy (non-hydrogen) atoms. The van der Waals surface area contributed by atoms with Crippen LogP contribution in [0.2, 0.25) is 0 Å². The van der Waals surface area contributed by atoms with Crippen LogP contribution in [0.5, 0.6) is 0 Å². The molecule has 2 aliphatic carbocycles. The first-order valence-electron chi connectivity index (χ1n) is 17.7. The molecule has 1 aromatic heterocycles. The Bertz CT molecular complexity index is 2950. The van der Waals surface area contributed by atoms with Gasteiger partial charge in [0.1, 0.15) is 22.8 Å². The van der Waals surface area contributed by atoms with Crippen LogP contribution in [-0.2, 0) is 5.41 Å². The molecule has 2 heterocycles. The number of nitrogens with two attached hydrogens (primary N) is 1. The molecule has 0 radical (unpaired) electrons. The molecule has 6 nitrogen and oxygen atoms in total. The van der Waals surface area contributed by atoms with Crippen molar-refractivity contribution in [3.8, 4) is 28.3 Å². The number of amidine groups is 2. The van der Waals surface area contributed by atoms with Crippen LogP contribution in [0.25, 0.3) is 44.2 Å². The lowest BCUT2D eigenvalue weighted by Crippen LogP contribution is -2.36. The summed E-state index contributed by atoms with van der Waals surface area (Å²) in [6.07, 6.45) is -0.395. The van der Waals surface area contributed by atoms with Crippen LogP contribution in [0.4, 0.5) is 5.69 Å². The number of anilines is 1. The minimum absolute atomic E-state index is 0.395. The molecule has 0 saturated carbocycles. The van der Waals surface area contributed by atoms with Gasteiger partial charge in [0, 0.05) is 33.2 Å². The summed E-state index contributed by atoms with van der Waals surface area (Å²) < 4.78 is 6.41. The molecule has 248 valence electrons. The SMILES string of the molecule is N#Cc1cccc2c1-c1c(ccc3oc4ccc(N)cc4c13)C21c2ccccc2-c2cc(C3=NC(c4ccccc4)N=C(c4ccccc4)N3)ccc21. The summed E-state index contributed by atoms with van der Waals surface area (Å²) in [5.74, 6) is 1.54. The molecule has 2 atom stereocenters. The number of furan rings is 1. The van der Waals surface area contributed by atoms with Crippen molar-refractivity contribution in [2.45, 2.75) is 11.6 Å². The Labute approximate surface area is 305 Å². The van der Waals surface area contributed by atoms with Crippen LogP contribution in [0.3, 0.4) is 0 Å². The van der Waals surface area contributed by atoms with Crippen molar-refractivity contribution in [3.05, 3.63) is 196 Å². The third-order valence-corrected chi connectivity index (χ3v) is 11.1. The Morgan fingerprint density at radius 2 is 1.28 bits per heavy atom. The van der Waals surface area contributed by atoms with Gasteiger partial charge in [0.05, 0.1) is 17.0 Å². The van der Waals surface area contributed by atoms with Gasteiger partial charge in [-0.15, -0.1) is 0 Å². The zero-order valence-electron chi connectivity index (χ0n) is 28.3. The standard InChI is InChI=1S/C47H29N5O/c48-26-30-14-9-17-37-41(30)43-38(21-23-40-42(43)34-25-31(49)19-22-39(34)53-40)47(37)35-16-8-7-15-32(35)33-24-29(18-20-36(33)47)46-51-44(27-10-3-1-4-11-27)50-45(52-46)28-12-5-2-6-13-28/h1-25,44H,49H2,(H,50,51,52). The molecule has 7 aromatic carbocycles. The second-order valence-electron chi connectivity index (χ2n) is 13.8. The van der Waals surface area contributed by atoms with Crippen LogP contribution in [0.15, 0.2) is 166 Å². The molecule has 0 fully saturated rings. The van der Waals surface area contributed by atoms with Gasteiger partial charge in [-0.05, 0) is 80.9 Å². The van der Waals surface area contributed by atoms with Crippen LogP contribution >= 0.6 is 0 Å². The van der Waals surface area contributed by atoms with E-state index in [0.717, 1.165) is 89.2 Å². The van der Waals surface area contributed by atoms with Crippen molar-refractivity contribution in [3.63, 3.8) is 0 Å². The van der Waals surface area contributed by atoms with Crippen molar-refractivity contribution in [2.75, 3.05) is 5.73 Å². The van der Waals surface area contributed by atoms with E-state index in [1.165, 1.54) is 5.56 Å². The Morgan fingerprint density at radius 3 is 2.11 bits per heavy atom. The van der Waals surface area contributed by atoms with Crippen molar-refractivity contribution in [1.29, 1.82) is 5.26 Å². The number of hydrogen-bond donors (Lipinski definition) is 2. The molecule has 1 aliphatic heterocycles. The molecule has 6 heteroatoms. The summed E-state index contributed by atoms with van der Waals surface area (Å²) in [4.78, 5) is 10.2. The second-order valence-corrected chi connectivity index (χ2v) is 13.8. The molecule has 8 aromatic rings. The molecule has 3 N–H and O–H groups in total. The Balaban J connectivity index is 1.17. The number of nitrogens with zero attached hydrogens (tertiary/aromatic N) is 3. The van der Waals surface area contributed by atoms with Gasteiger partial charge in [-0.3, -0.25) is 0 Å². The average Bonchev–Trinajstić information content (AvgIpc) is 3.84. The van der Waals surface area contributed by atoms with Gasteiger partial charge in [0.15, 0.2) is 6.17 Å². The average molecular weight is 680 g/mol. The number of hydrogen-bond acceptors (Lipinski definition) is 6. The topological polar surface area (TPSA) is 99.7 Å². The highest BCUT2D eigenvalue weighted by Gasteiger charge is 2.53. The van der Waals surface area contributed by atoms with Crippen molar-refractivity contribution < 1.29 is 4.42 Å². The lowest BCUT2D eigenvalue weighted by Gasteiger charge is -2.30. The predicted molar refractivity (Wildman–Crippen MR) is 211 cm³/mol. The minimum atomic E-state index is -0.662. The van der Waals surface area contributed by atoms with Crippen LogP contribution in [-0.4, -0.2) is 11.7 Å². The molecule has 0 bridgehead atoms. The zero-order chi connectivity index (χ0) is 35.3. The first-order chi connectivity index (χ1) is 26.1. The van der Waals surface area contributed by atoms with E-state index in [4.69, 9.17) is 20.1 Å². The van der Waals surface area contributed by atoms with E-state index in [9.17, 15) is 5.26 Å². The number of benzene rings is 7. The fourth-order valence-corrected chi connectivity index (χ4v) is 8.96. The Hall–Kier alpha value is -7.23. The van der Waals surface area contributed by atoms with Crippen LogP contribution in [0, 0.1) is 11.3 Å². The summed E-state index contributed by atoms with van der Waals surface area (Å²) in [5.41, 5.74) is 20.3. The third kappa shape index (κ3) is 4.02.